The largest absolute Gasteiger partial charge is 0.326 e. The van der Waals surface area contributed by atoms with E-state index in [0.717, 1.165) is 11.3 Å². The fraction of sp³-hybridized carbons (Fsp3) is 0.0952. The Hall–Kier alpha value is -3.54. The Kier molecular flexibility index (Phi) is 5.89. The number of carbonyl (C=O) groups excluding carboxylic acids is 1. The maximum atomic E-state index is 13.8. The van der Waals surface area contributed by atoms with Crippen molar-refractivity contribution < 1.29 is 9.18 Å². The number of nitrogens with one attached hydrogen (secondary N) is 2. The van der Waals surface area contributed by atoms with Gasteiger partial charge in [0.1, 0.15) is 5.82 Å². The molecule has 2 N–H and O–H groups in total. The molecule has 136 valence electrons. The van der Waals surface area contributed by atoms with Gasteiger partial charge in [-0.05, 0) is 54.4 Å². The molecule has 0 aliphatic heterocycles. The second-order valence-corrected chi connectivity index (χ2v) is 5.93. The molecule has 0 bridgehead atoms. The van der Waals surface area contributed by atoms with Gasteiger partial charge >= 0.3 is 0 Å². The van der Waals surface area contributed by atoms with Crippen LogP contribution in [0.15, 0.2) is 78.0 Å². The second-order valence-electron chi connectivity index (χ2n) is 5.93. The lowest BCUT2D eigenvalue weighted by molar-refractivity contribution is 0.0976. The minimum absolute atomic E-state index is 0.226. The fourth-order valence-electron chi connectivity index (χ4n) is 2.34. The molecule has 27 heavy (non-hydrogen) atoms. The van der Waals surface area contributed by atoms with Gasteiger partial charge in [0.15, 0.2) is 0 Å². The molecular formula is C21H19FN4O. The Balaban J connectivity index is 1.79. The summed E-state index contributed by atoms with van der Waals surface area (Å²) < 4.78 is 13.8. The number of para-hydroxylation sites is 1. The SMILES string of the molecule is Cc1ccc(C(=O)NC(=NCc2ccncc2)Nc2ccccc2)cc1F. The van der Waals surface area contributed by atoms with Gasteiger partial charge in [0, 0.05) is 23.6 Å². The van der Waals surface area contributed by atoms with Gasteiger partial charge in [-0.25, -0.2) is 9.38 Å². The molecule has 0 fully saturated rings. The van der Waals surface area contributed by atoms with Gasteiger partial charge in [-0.15, -0.1) is 0 Å². The first-order valence-corrected chi connectivity index (χ1v) is 8.45. The van der Waals surface area contributed by atoms with Crippen LogP contribution in [0.4, 0.5) is 10.1 Å². The summed E-state index contributed by atoms with van der Waals surface area (Å²) in [4.78, 5) is 20.9. The standard InChI is InChI=1S/C21H19FN4O/c1-15-7-8-17(13-19(15)22)20(27)26-21(25-18-5-3-2-4-6-18)24-14-16-9-11-23-12-10-16/h2-13H,14H2,1H3,(H2,24,25,26,27). The van der Waals surface area contributed by atoms with E-state index in [1.807, 2.05) is 42.5 Å². The first kappa shape index (κ1) is 18.3. The quantitative estimate of drug-likeness (QED) is 0.546. The lowest BCUT2D eigenvalue weighted by Gasteiger charge is -2.12. The first-order valence-electron chi connectivity index (χ1n) is 8.45. The van der Waals surface area contributed by atoms with Crippen molar-refractivity contribution >= 4 is 17.6 Å². The van der Waals surface area contributed by atoms with Crippen LogP contribution in [0.3, 0.4) is 0 Å². The van der Waals surface area contributed by atoms with Crippen molar-refractivity contribution in [3.05, 3.63) is 95.6 Å². The highest BCUT2D eigenvalue weighted by molar-refractivity contribution is 6.09. The summed E-state index contributed by atoms with van der Waals surface area (Å²) in [5.74, 6) is -0.580. The number of hydrogen-bond acceptors (Lipinski definition) is 3. The monoisotopic (exact) mass is 362 g/mol. The number of hydrogen-bond donors (Lipinski definition) is 2. The van der Waals surface area contributed by atoms with E-state index < -0.39 is 11.7 Å². The second kappa shape index (κ2) is 8.71. The third-order valence-corrected chi connectivity index (χ3v) is 3.87. The van der Waals surface area contributed by atoms with Crippen LogP contribution < -0.4 is 10.6 Å². The number of rotatable bonds is 4. The highest BCUT2D eigenvalue weighted by Gasteiger charge is 2.11. The van der Waals surface area contributed by atoms with Crippen molar-refractivity contribution in [2.24, 2.45) is 4.99 Å². The van der Waals surface area contributed by atoms with E-state index in [9.17, 15) is 9.18 Å². The molecule has 0 unspecified atom stereocenters. The number of aromatic nitrogens is 1. The molecule has 0 saturated heterocycles. The van der Waals surface area contributed by atoms with Crippen LogP contribution in [-0.2, 0) is 6.54 Å². The maximum absolute atomic E-state index is 13.8. The number of halogens is 1. The molecule has 6 heteroatoms. The van der Waals surface area contributed by atoms with Crippen LogP contribution in [0.25, 0.3) is 0 Å². The van der Waals surface area contributed by atoms with Crippen molar-refractivity contribution in [2.45, 2.75) is 13.5 Å². The molecule has 0 radical (unpaired) electrons. The minimum atomic E-state index is -0.439. The van der Waals surface area contributed by atoms with Crippen LogP contribution in [0.1, 0.15) is 21.5 Å². The van der Waals surface area contributed by atoms with Crippen LogP contribution in [0, 0.1) is 12.7 Å². The number of guanidine groups is 1. The predicted molar refractivity (Wildman–Crippen MR) is 104 cm³/mol. The van der Waals surface area contributed by atoms with Gasteiger partial charge in [0.2, 0.25) is 5.96 Å². The predicted octanol–water partition coefficient (Wildman–Crippen LogP) is 3.93. The molecule has 3 rings (SSSR count). The van der Waals surface area contributed by atoms with Gasteiger partial charge < -0.3 is 5.32 Å². The van der Waals surface area contributed by atoms with Crippen LogP contribution >= 0.6 is 0 Å². The molecule has 0 spiro atoms. The lowest BCUT2D eigenvalue weighted by atomic mass is 10.1. The summed E-state index contributed by atoms with van der Waals surface area (Å²) in [6.07, 6.45) is 3.37. The topological polar surface area (TPSA) is 66.4 Å². The van der Waals surface area contributed by atoms with Gasteiger partial charge in [-0.3, -0.25) is 15.1 Å². The smallest absolute Gasteiger partial charge is 0.258 e. The van der Waals surface area contributed by atoms with Crippen molar-refractivity contribution in [1.82, 2.24) is 10.3 Å². The Labute approximate surface area is 157 Å². The van der Waals surface area contributed by atoms with Crippen LogP contribution in [0.5, 0.6) is 0 Å². The number of anilines is 1. The minimum Gasteiger partial charge on any atom is -0.326 e. The summed E-state index contributed by atoms with van der Waals surface area (Å²) in [6, 6.07) is 17.4. The zero-order valence-corrected chi connectivity index (χ0v) is 14.8. The summed E-state index contributed by atoms with van der Waals surface area (Å²) >= 11 is 0. The molecule has 0 aliphatic rings. The molecule has 0 atom stereocenters. The van der Waals surface area contributed by atoms with E-state index in [-0.39, 0.29) is 11.5 Å². The van der Waals surface area contributed by atoms with Gasteiger partial charge in [-0.1, -0.05) is 24.3 Å². The van der Waals surface area contributed by atoms with Gasteiger partial charge in [-0.2, -0.15) is 0 Å². The summed E-state index contributed by atoms with van der Waals surface area (Å²) in [5.41, 5.74) is 2.44. The normalized spacial score (nSPS) is 11.1. The van der Waals surface area contributed by atoms with E-state index in [1.165, 1.54) is 6.07 Å². The Morgan fingerprint density at radius 3 is 2.52 bits per heavy atom. The molecule has 1 amide bonds. The molecule has 0 saturated carbocycles. The first-order chi connectivity index (χ1) is 13.1. The van der Waals surface area contributed by atoms with Gasteiger partial charge in [0.25, 0.3) is 5.91 Å². The average Bonchev–Trinajstić information content (AvgIpc) is 2.70. The van der Waals surface area contributed by atoms with E-state index in [1.54, 1.807) is 31.5 Å². The van der Waals surface area contributed by atoms with E-state index >= 15 is 0 Å². The highest BCUT2D eigenvalue weighted by atomic mass is 19.1. The fourth-order valence-corrected chi connectivity index (χ4v) is 2.34. The maximum Gasteiger partial charge on any atom is 0.258 e. The van der Waals surface area contributed by atoms with Crippen molar-refractivity contribution in [2.75, 3.05) is 5.32 Å². The zero-order valence-electron chi connectivity index (χ0n) is 14.8. The third-order valence-electron chi connectivity index (χ3n) is 3.87. The number of aliphatic imine (C=N–C) groups is 1. The van der Waals surface area contributed by atoms with Gasteiger partial charge in [0.05, 0.1) is 6.54 Å². The number of nitrogens with zero attached hydrogens (tertiary/aromatic N) is 2. The van der Waals surface area contributed by atoms with Crippen molar-refractivity contribution in [3.8, 4) is 0 Å². The van der Waals surface area contributed by atoms with Crippen molar-refractivity contribution in [3.63, 3.8) is 0 Å². The number of benzene rings is 2. The molecule has 5 nitrogen and oxygen atoms in total. The third kappa shape index (κ3) is 5.22. The highest BCUT2D eigenvalue weighted by Crippen LogP contribution is 2.10. The number of amides is 1. The molecule has 1 aromatic heterocycles. The van der Waals surface area contributed by atoms with E-state index in [4.69, 9.17) is 0 Å². The number of pyridine rings is 1. The molecule has 3 aromatic rings. The Morgan fingerprint density at radius 1 is 1.07 bits per heavy atom. The van der Waals surface area contributed by atoms with E-state index in [2.05, 4.69) is 20.6 Å². The Morgan fingerprint density at radius 2 is 1.81 bits per heavy atom. The molecule has 1 heterocycles. The van der Waals surface area contributed by atoms with Crippen LogP contribution in [-0.4, -0.2) is 16.9 Å². The van der Waals surface area contributed by atoms with Crippen LogP contribution in [0.2, 0.25) is 0 Å². The molecular weight excluding hydrogens is 343 g/mol. The summed E-state index contributed by atoms with van der Waals surface area (Å²) in [7, 11) is 0. The zero-order chi connectivity index (χ0) is 19.1. The molecule has 2 aromatic carbocycles. The lowest BCUT2D eigenvalue weighted by Crippen LogP contribution is -2.36. The molecule has 0 aliphatic carbocycles. The summed E-state index contributed by atoms with van der Waals surface area (Å²) in [5, 5.41) is 5.80. The Bertz CT molecular complexity index is 943. The number of aryl methyl sites for hydroxylation is 1. The van der Waals surface area contributed by atoms with Crippen molar-refractivity contribution in [1.29, 1.82) is 0 Å². The summed E-state index contributed by atoms with van der Waals surface area (Å²) in [6.45, 7) is 2.01. The van der Waals surface area contributed by atoms with E-state index in [0.29, 0.717) is 12.1 Å². The number of carbonyl (C=O) groups is 1. The average molecular weight is 362 g/mol.